The molecule has 1 N–H and O–H groups in total. The molecule has 0 fully saturated rings. The van der Waals surface area contributed by atoms with Gasteiger partial charge in [-0.25, -0.2) is 0 Å². The van der Waals surface area contributed by atoms with E-state index in [0.29, 0.717) is 6.04 Å². The summed E-state index contributed by atoms with van der Waals surface area (Å²) in [7, 11) is 0. The van der Waals surface area contributed by atoms with Gasteiger partial charge in [-0.1, -0.05) is 43.3 Å². The molecule has 0 amide bonds. The molecule has 1 aliphatic rings. The predicted molar refractivity (Wildman–Crippen MR) is 60.1 cm³/mol. The largest absolute Gasteiger partial charge is 0.306 e. The Bertz CT molecular complexity index is 341. The van der Waals surface area contributed by atoms with Crippen LogP contribution in [0.5, 0.6) is 0 Å². The minimum absolute atomic E-state index is 0.499. The van der Waals surface area contributed by atoms with Crippen molar-refractivity contribution in [3.63, 3.8) is 0 Å². The standard InChI is InChI=1S/C13H17N/c1-3-10(2)8-13-12-7-5-4-6-11(12)9-14-13/h4-7,13-14H,2-3,8-9H2,1H3. The molecule has 0 saturated carbocycles. The molecule has 1 unspecified atom stereocenters. The van der Waals surface area contributed by atoms with Gasteiger partial charge in [-0.2, -0.15) is 0 Å². The van der Waals surface area contributed by atoms with Gasteiger partial charge in [0.1, 0.15) is 0 Å². The van der Waals surface area contributed by atoms with Gasteiger partial charge in [-0.15, -0.1) is 0 Å². The Hall–Kier alpha value is -1.08. The van der Waals surface area contributed by atoms with Crippen molar-refractivity contribution in [2.24, 2.45) is 0 Å². The second kappa shape index (κ2) is 3.97. The van der Waals surface area contributed by atoms with Crippen LogP contribution in [-0.4, -0.2) is 0 Å². The Kier molecular flexibility index (Phi) is 2.69. The zero-order chi connectivity index (χ0) is 9.97. The number of hydrogen-bond donors (Lipinski definition) is 1. The third kappa shape index (κ3) is 1.73. The summed E-state index contributed by atoms with van der Waals surface area (Å²) in [5, 5.41) is 3.53. The SMILES string of the molecule is C=C(CC)CC1NCc2ccccc21. The highest BCUT2D eigenvalue weighted by Gasteiger charge is 2.20. The quantitative estimate of drug-likeness (QED) is 0.717. The molecule has 0 spiro atoms. The summed E-state index contributed by atoms with van der Waals surface area (Å²) in [4.78, 5) is 0. The van der Waals surface area contributed by atoms with Crippen molar-refractivity contribution in [3.05, 3.63) is 47.5 Å². The van der Waals surface area contributed by atoms with E-state index < -0.39 is 0 Å². The smallest absolute Gasteiger partial charge is 0.0363 e. The molecule has 14 heavy (non-hydrogen) atoms. The molecule has 0 aromatic heterocycles. The van der Waals surface area contributed by atoms with Crippen LogP contribution in [0.15, 0.2) is 36.4 Å². The summed E-state index contributed by atoms with van der Waals surface area (Å²) >= 11 is 0. The highest BCUT2D eigenvalue weighted by Crippen LogP contribution is 2.29. The maximum absolute atomic E-state index is 4.07. The number of nitrogens with one attached hydrogen (secondary N) is 1. The van der Waals surface area contributed by atoms with E-state index in [-0.39, 0.29) is 0 Å². The maximum atomic E-state index is 4.07. The zero-order valence-corrected chi connectivity index (χ0v) is 8.72. The van der Waals surface area contributed by atoms with Crippen LogP contribution in [0.4, 0.5) is 0 Å². The Morgan fingerprint density at radius 3 is 3.07 bits per heavy atom. The van der Waals surface area contributed by atoms with E-state index in [0.717, 1.165) is 19.4 Å². The number of benzene rings is 1. The summed E-state index contributed by atoms with van der Waals surface area (Å²) < 4.78 is 0. The molecule has 1 aromatic rings. The Balaban J connectivity index is 2.14. The van der Waals surface area contributed by atoms with Crippen LogP contribution in [-0.2, 0) is 6.54 Å². The van der Waals surface area contributed by atoms with Gasteiger partial charge in [0.15, 0.2) is 0 Å². The molecule has 1 nitrogen and oxygen atoms in total. The van der Waals surface area contributed by atoms with Crippen molar-refractivity contribution in [2.45, 2.75) is 32.4 Å². The molecular weight excluding hydrogens is 170 g/mol. The normalized spacial score (nSPS) is 19.4. The molecule has 1 atom stereocenters. The monoisotopic (exact) mass is 187 g/mol. The highest BCUT2D eigenvalue weighted by atomic mass is 14.9. The minimum atomic E-state index is 0.499. The molecule has 1 heterocycles. The number of rotatable bonds is 3. The van der Waals surface area contributed by atoms with Crippen molar-refractivity contribution in [2.75, 3.05) is 0 Å². The van der Waals surface area contributed by atoms with Gasteiger partial charge in [0.05, 0.1) is 0 Å². The summed E-state index contributed by atoms with van der Waals surface area (Å²) in [5.41, 5.74) is 4.24. The molecule has 1 heteroatoms. The van der Waals surface area contributed by atoms with E-state index in [9.17, 15) is 0 Å². The molecule has 0 bridgehead atoms. The van der Waals surface area contributed by atoms with Crippen molar-refractivity contribution in [1.29, 1.82) is 0 Å². The van der Waals surface area contributed by atoms with Crippen LogP contribution in [0.1, 0.15) is 36.9 Å². The lowest BCUT2D eigenvalue weighted by molar-refractivity contribution is 0.573. The molecule has 0 saturated heterocycles. The predicted octanol–water partition coefficient (Wildman–Crippen LogP) is 3.19. The van der Waals surface area contributed by atoms with Gasteiger partial charge in [0.2, 0.25) is 0 Å². The third-order valence-electron chi connectivity index (χ3n) is 2.96. The van der Waals surface area contributed by atoms with Crippen molar-refractivity contribution < 1.29 is 0 Å². The lowest BCUT2D eigenvalue weighted by Crippen LogP contribution is -2.12. The first-order valence-electron chi connectivity index (χ1n) is 5.29. The van der Waals surface area contributed by atoms with Crippen LogP contribution < -0.4 is 5.32 Å². The number of fused-ring (bicyclic) bond motifs is 1. The van der Waals surface area contributed by atoms with Gasteiger partial charge in [-0.3, -0.25) is 0 Å². The maximum Gasteiger partial charge on any atom is 0.0363 e. The van der Waals surface area contributed by atoms with E-state index in [1.165, 1.54) is 16.7 Å². The van der Waals surface area contributed by atoms with Gasteiger partial charge in [0, 0.05) is 12.6 Å². The lowest BCUT2D eigenvalue weighted by Gasteiger charge is -2.12. The average Bonchev–Trinajstić information content (AvgIpc) is 2.62. The Morgan fingerprint density at radius 2 is 2.29 bits per heavy atom. The van der Waals surface area contributed by atoms with E-state index in [1.807, 2.05) is 0 Å². The van der Waals surface area contributed by atoms with Crippen LogP contribution >= 0.6 is 0 Å². The Labute approximate surface area is 85.8 Å². The van der Waals surface area contributed by atoms with Crippen molar-refractivity contribution >= 4 is 0 Å². The molecule has 0 radical (unpaired) electrons. The zero-order valence-electron chi connectivity index (χ0n) is 8.72. The second-order valence-corrected chi connectivity index (χ2v) is 3.94. The molecule has 0 aliphatic carbocycles. The van der Waals surface area contributed by atoms with E-state index >= 15 is 0 Å². The second-order valence-electron chi connectivity index (χ2n) is 3.94. The molecule has 74 valence electrons. The average molecular weight is 187 g/mol. The van der Waals surface area contributed by atoms with E-state index in [2.05, 4.69) is 43.1 Å². The molecule has 1 aliphatic heterocycles. The van der Waals surface area contributed by atoms with Crippen LogP contribution in [0, 0.1) is 0 Å². The van der Waals surface area contributed by atoms with E-state index in [4.69, 9.17) is 0 Å². The van der Waals surface area contributed by atoms with Crippen molar-refractivity contribution in [3.8, 4) is 0 Å². The van der Waals surface area contributed by atoms with Gasteiger partial charge < -0.3 is 5.32 Å². The fourth-order valence-electron chi connectivity index (χ4n) is 1.99. The van der Waals surface area contributed by atoms with Crippen LogP contribution in [0.3, 0.4) is 0 Å². The minimum Gasteiger partial charge on any atom is -0.306 e. The highest BCUT2D eigenvalue weighted by molar-refractivity contribution is 5.34. The molecule has 2 rings (SSSR count). The Morgan fingerprint density at radius 1 is 1.50 bits per heavy atom. The molecule has 1 aromatic carbocycles. The molecular formula is C13H17N. The summed E-state index contributed by atoms with van der Waals surface area (Å²) in [6.45, 7) is 7.25. The summed E-state index contributed by atoms with van der Waals surface area (Å²) in [6, 6.07) is 9.16. The first kappa shape index (κ1) is 9.47. The van der Waals surface area contributed by atoms with Crippen LogP contribution in [0.25, 0.3) is 0 Å². The first-order valence-corrected chi connectivity index (χ1v) is 5.29. The van der Waals surface area contributed by atoms with Gasteiger partial charge in [0.25, 0.3) is 0 Å². The fourth-order valence-corrected chi connectivity index (χ4v) is 1.99. The first-order chi connectivity index (χ1) is 6.81. The van der Waals surface area contributed by atoms with Crippen molar-refractivity contribution in [1.82, 2.24) is 5.32 Å². The third-order valence-corrected chi connectivity index (χ3v) is 2.96. The summed E-state index contributed by atoms with van der Waals surface area (Å²) in [6.07, 6.45) is 2.16. The lowest BCUT2D eigenvalue weighted by atomic mass is 9.98. The van der Waals surface area contributed by atoms with Gasteiger partial charge in [-0.05, 0) is 24.0 Å². The number of hydrogen-bond acceptors (Lipinski definition) is 1. The van der Waals surface area contributed by atoms with E-state index in [1.54, 1.807) is 0 Å². The summed E-state index contributed by atoms with van der Waals surface area (Å²) in [5.74, 6) is 0. The topological polar surface area (TPSA) is 12.0 Å². The fraction of sp³-hybridized carbons (Fsp3) is 0.385. The van der Waals surface area contributed by atoms with Crippen LogP contribution in [0.2, 0.25) is 0 Å². The van der Waals surface area contributed by atoms with Gasteiger partial charge >= 0.3 is 0 Å².